The number of hydrogen-bond acceptors (Lipinski definition) is 5. The molecule has 1 amide bonds. The molecule has 118 valence electrons. The maximum Gasteiger partial charge on any atom is 0.293 e. The van der Waals surface area contributed by atoms with E-state index < -0.39 is 0 Å². The van der Waals surface area contributed by atoms with Crippen molar-refractivity contribution in [3.8, 4) is 11.7 Å². The topological polar surface area (TPSA) is 96.7 Å². The maximum atomic E-state index is 12.1. The second-order valence-electron chi connectivity index (χ2n) is 7.05. The second-order valence-corrected chi connectivity index (χ2v) is 7.05. The van der Waals surface area contributed by atoms with Gasteiger partial charge in [-0.25, -0.2) is 4.98 Å². The van der Waals surface area contributed by atoms with E-state index in [2.05, 4.69) is 53.1 Å². The van der Waals surface area contributed by atoms with Crippen LogP contribution in [0.2, 0.25) is 0 Å². The SMILES string of the molecule is CC(C)Cc1noc(-c2nc3c([nH]2)CC(C)(C)CNC3=O)n1. The Balaban J connectivity index is 1.92. The Morgan fingerprint density at radius 2 is 2.09 bits per heavy atom. The van der Waals surface area contributed by atoms with Crippen LogP contribution in [0, 0.1) is 11.3 Å². The van der Waals surface area contributed by atoms with E-state index in [1.807, 2.05) is 0 Å². The molecule has 2 aromatic heterocycles. The summed E-state index contributed by atoms with van der Waals surface area (Å²) in [5, 5.41) is 6.86. The fraction of sp³-hybridized carbons (Fsp3) is 0.600. The van der Waals surface area contributed by atoms with Gasteiger partial charge in [0, 0.05) is 18.7 Å². The number of amides is 1. The van der Waals surface area contributed by atoms with Crippen molar-refractivity contribution in [2.45, 2.75) is 40.5 Å². The van der Waals surface area contributed by atoms with Gasteiger partial charge in [-0.3, -0.25) is 4.79 Å². The molecular formula is C15H21N5O2. The summed E-state index contributed by atoms with van der Waals surface area (Å²) in [6.45, 7) is 9.03. The van der Waals surface area contributed by atoms with Gasteiger partial charge in [0.2, 0.25) is 0 Å². The molecule has 2 aromatic rings. The van der Waals surface area contributed by atoms with E-state index in [4.69, 9.17) is 4.52 Å². The normalized spacial score (nSPS) is 17.2. The average molecular weight is 303 g/mol. The first-order valence-corrected chi connectivity index (χ1v) is 7.54. The molecule has 0 atom stereocenters. The van der Waals surface area contributed by atoms with Crippen molar-refractivity contribution in [2.24, 2.45) is 11.3 Å². The van der Waals surface area contributed by atoms with Crippen molar-refractivity contribution in [3.63, 3.8) is 0 Å². The maximum absolute atomic E-state index is 12.1. The third kappa shape index (κ3) is 2.88. The fourth-order valence-electron chi connectivity index (χ4n) is 2.57. The number of hydrogen-bond donors (Lipinski definition) is 2. The van der Waals surface area contributed by atoms with Crippen LogP contribution in [0.4, 0.5) is 0 Å². The van der Waals surface area contributed by atoms with Gasteiger partial charge >= 0.3 is 0 Å². The molecule has 22 heavy (non-hydrogen) atoms. The summed E-state index contributed by atoms with van der Waals surface area (Å²) >= 11 is 0. The lowest BCUT2D eigenvalue weighted by molar-refractivity contribution is 0.0940. The number of aromatic nitrogens is 4. The third-order valence-corrected chi connectivity index (χ3v) is 3.64. The summed E-state index contributed by atoms with van der Waals surface area (Å²) < 4.78 is 5.26. The van der Waals surface area contributed by atoms with E-state index in [-0.39, 0.29) is 11.3 Å². The zero-order valence-corrected chi connectivity index (χ0v) is 13.4. The van der Waals surface area contributed by atoms with Crippen molar-refractivity contribution in [1.82, 2.24) is 25.4 Å². The van der Waals surface area contributed by atoms with E-state index in [1.165, 1.54) is 0 Å². The van der Waals surface area contributed by atoms with Crippen LogP contribution in [0.5, 0.6) is 0 Å². The number of carbonyl (C=O) groups excluding carboxylic acids is 1. The fourth-order valence-corrected chi connectivity index (χ4v) is 2.57. The monoisotopic (exact) mass is 303 g/mol. The number of carbonyl (C=O) groups is 1. The summed E-state index contributed by atoms with van der Waals surface area (Å²) in [7, 11) is 0. The lowest BCUT2D eigenvalue weighted by Crippen LogP contribution is -2.32. The van der Waals surface area contributed by atoms with Gasteiger partial charge in [-0.05, 0) is 17.8 Å². The number of rotatable bonds is 3. The Kier molecular flexibility index (Phi) is 3.50. The first-order valence-electron chi connectivity index (χ1n) is 7.54. The van der Waals surface area contributed by atoms with Crippen LogP contribution >= 0.6 is 0 Å². The molecule has 0 radical (unpaired) electrons. The van der Waals surface area contributed by atoms with Crippen LogP contribution in [-0.4, -0.2) is 32.6 Å². The Morgan fingerprint density at radius 1 is 1.32 bits per heavy atom. The van der Waals surface area contributed by atoms with Crippen molar-refractivity contribution < 1.29 is 9.32 Å². The first-order chi connectivity index (χ1) is 10.3. The third-order valence-electron chi connectivity index (χ3n) is 3.64. The highest BCUT2D eigenvalue weighted by Gasteiger charge is 2.30. The minimum Gasteiger partial charge on any atom is -0.350 e. The van der Waals surface area contributed by atoms with Crippen molar-refractivity contribution in [2.75, 3.05) is 6.54 Å². The predicted molar refractivity (Wildman–Crippen MR) is 80.2 cm³/mol. The number of H-pyrrole nitrogens is 1. The van der Waals surface area contributed by atoms with E-state index in [0.29, 0.717) is 35.7 Å². The van der Waals surface area contributed by atoms with Gasteiger partial charge in [-0.2, -0.15) is 4.98 Å². The van der Waals surface area contributed by atoms with Crippen LogP contribution in [0.1, 0.15) is 49.7 Å². The zero-order valence-electron chi connectivity index (χ0n) is 13.4. The van der Waals surface area contributed by atoms with E-state index >= 15 is 0 Å². The van der Waals surface area contributed by atoms with E-state index in [9.17, 15) is 4.79 Å². The Hall–Kier alpha value is -2.18. The number of aromatic amines is 1. The molecule has 2 N–H and O–H groups in total. The molecule has 7 heteroatoms. The number of imidazole rings is 1. The highest BCUT2D eigenvalue weighted by atomic mass is 16.5. The van der Waals surface area contributed by atoms with Crippen molar-refractivity contribution in [1.29, 1.82) is 0 Å². The van der Waals surface area contributed by atoms with Gasteiger partial charge in [0.15, 0.2) is 11.6 Å². The lowest BCUT2D eigenvalue weighted by atomic mass is 9.88. The van der Waals surface area contributed by atoms with Gasteiger partial charge < -0.3 is 14.8 Å². The van der Waals surface area contributed by atoms with E-state index in [1.54, 1.807) is 0 Å². The number of nitrogens with one attached hydrogen (secondary N) is 2. The molecule has 1 aliphatic rings. The lowest BCUT2D eigenvalue weighted by Gasteiger charge is -2.21. The average Bonchev–Trinajstić information content (AvgIpc) is 2.99. The first kappa shape index (κ1) is 14.7. The van der Waals surface area contributed by atoms with Crippen LogP contribution in [0.3, 0.4) is 0 Å². The number of nitrogens with zero attached hydrogens (tertiary/aromatic N) is 3. The van der Waals surface area contributed by atoms with Gasteiger partial charge in [0.05, 0.1) is 0 Å². The molecule has 0 saturated carbocycles. The Bertz CT molecular complexity index is 699. The highest BCUT2D eigenvalue weighted by Crippen LogP contribution is 2.27. The molecular weight excluding hydrogens is 282 g/mol. The Labute approximate surface area is 128 Å². The molecule has 0 saturated heterocycles. The van der Waals surface area contributed by atoms with Crippen LogP contribution in [0.25, 0.3) is 11.7 Å². The molecule has 7 nitrogen and oxygen atoms in total. The quantitative estimate of drug-likeness (QED) is 0.903. The second kappa shape index (κ2) is 5.23. The molecule has 0 aliphatic carbocycles. The van der Waals surface area contributed by atoms with Gasteiger partial charge in [-0.1, -0.05) is 32.9 Å². The highest BCUT2D eigenvalue weighted by molar-refractivity contribution is 5.94. The standard InChI is InChI=1S/C15H21N5O2/c1-8(2)5-10-18-14(22-20-10)12-17-9-6-15(3,4)7-16-13(21)11(9)19-12/h8H,5-7H2,1-4H3,(H,16,21)(H,17,19). The number of fused-ring (bicyclic) bond motifs is 1. The molecule has 3 heterocycles. The summed E-state index contributed by atoms with van der Waals surface area (Å²) in [6, 6.07) is 0. The van der Waals surface area contributed by atoms with Crippen LogP contribution in [-0.2, 0) is 12.8 Å². The molecule has 3 rings (SSSR count). The minimum atomic E-state index is -0.162. The largest absolute Gasteiger partial charge is 0.350 e. The zero-order chi connectivity index (χ0) is 15.9. The molecule has 0 bridgehead atoms. The molecule has 0 fully saturated rings. The summed E-state index contributed by atoms with van der Waals surface area (Å²) in [6.07, 6.45) is 1.48. The summed E-state index contributed by atoms with van der Waals surface area (Å²) in [4.78, 5) is 24.0. The van der Waals surface area contributed by atoms with Crippen LogP contribution < -0.4 is 5.32 Å². The summed E-state index contributed by atoms with van der Waals surface area (Å²) in [5.41, 5.74) is 1.21. The van der Waals surface area contributed by atoms with E-state index in [0.717, 1.165) is 18.5 Å². The minimum absolute atomic E-state index is 0.0254. The molecule has 0 unspecified atom stereocenters. The molecule has 0 aromatic carbocycles. The molecule has 1 aliphatic heterocycles. The van der Waals surface area contributed by atoms with Crippen molar-refractivity contribution in [3.05, 3.63) is 17.2 Å². The van der Waals surface area contributed by atoms with Gasteiger partial charge in [-0.15, -0.1) is 0 Å². The summed E-state index contributed by atoms with van der Waals surface area (Å²) in [5.74, 6) is 1.73. The van der Waals surface area contributed by atoms with Crippen molar-refractivity contribution >= 4 is 5.91 Å². The van der Waals surface area contributed by atoms with Gasteiger partial charge in [0.1, 0.15) is 5.69 Å². The predicted octanol–water partition coefficient (Wildman–Crippen LogP) is 1.97. The Morgan fingerprint density at radius 3 is 2.82 bits per heavy atom. The van der Waals surface area contributed by atoms with Gasteiger partial charge in [0.25, 0.3) is 11.8 Å². The van der Waals surface area contributed by atoms with Crippen LogP contribution in [0.15, 0.2) is 4.52 Å². The molecule has 0 spiro atoms. The smallest absolute Gasteiger partial charge is 0.293 e.